The van der Waals surface area contributed by atoms with Crippen molar-refractivity contribution in [2.45, 2.75) is 38.5 Å². The summed E-state index contributed by atoms with van der Waals surface area (Å²) in [5.41, 5.74) is 3.93. The zero-order valence-corrected chi connectivity index (χ0v) is 24.2. The molecule has 4 N–H and O–H groups in total. The van der Waals surface area contributed by atoms with Crippen LogP contribution in [-0.4, -0.2) is 60.2 Å². The van der Waals surface area contributed by atoms with E-state index in [-0.39, 0.29) is 21.9 Å². The van der Waals surface area contributed by atoms with E-state index < -0.39 is 0 Å². The lowest BCUT2D eigenvalue weighted by Gasteiger charge is -2.26. The lowest BCUT2D eigenvalue weighted by atomic mass is 9.84. The van der Waals surface area contributed by atoms with Gasteiger partial charge in [-0.3, -0.25) is 9.59 Å². The Morgan fingerprint density at radius 3 is 2.40 bits per heavy atom. The topological polar surface area (TPSA) is 97.5 Å². The molecule has 40 heavy (non-hydrogen) atoms. The van der Waals surface area contributed by atoms with Crippen LogP contribution in [0.15, 0.2) is 77.6 Å². The summed E-state index contributed by atoms with van der Waals surface area (Å²) >= 11 is 1.13. The first kappa shape index (κ1) is 29.5. The van der Waals surface area contributed by atoms with Gasteiger partial charge in [0.15, 0.2) is 0 Å². The third-order valence-corrected chi connectivity index (χ3v) is 8.27. The fraction of sp³-hybridized carbons (Fsp3) is 0.375. The van der Waals surface area contributed by atoms with Gasteiger partial charge in [0.2, 0.25) is 5.91 Å². The van der Waals surface area contributed by atoms with Crippen molar-refractivity contribution in [1.29, 1.82) is 0 Å². The van der Waals surface area contributed by atoms with Gasteiger partial charge in [-0.05, 0) is 42.1 Å². The number of thiazole rings is 1. The number of H-pyrrole nitrogens is 1. The Hall–Kier alpha value is -3.46. The number of hydrogen-bond acceptors (Lipinski definition) is 6. The number of aromatic amines is 1. The lowest BCUT2D eigenvalue weighted by molar-refractivity contribution is -0.121. The van der Waals surface area contributed by atoms with E-state index in [0.29, 0.717) is 25.0 Å². The molecule has 0 aliphatic rings. The van der Waals surface area contributed by atoms with E-state index in [1.54, 1.807) is 6.07 Å². The van der Waals surface area contributed by atoms with Gasteiger partial charge in [-0.25, -0.2) is 0 Å². The molecular weight excluding hydrogens is 520 g/mol. The Kier molecular flexibility index (Phi) is 10.5. The van der Waals surface area contributed by atoms with Crippen molar-refractivity contribution in [2.75, 3.05) is 39.3 Å². The van der Waals surface area contributed by atoms with Crippen molar-refractivity contribution < 1.29 is 9.90 Å². The number of carbonyl (C=O) groups excluding carboxylic acids is 1. The van der Waals surface area contributed by atoms with E-state index in [1.165, 1.54) is 11.1 Å². The molecule has 4 rings (SSSR count). The number of aromatic hydroxyl groups is 1. The fourth-order valence-corrected chi connectivity index (χ4v) is 5.68. The minimum Gasteiger partial charge on any atom is -0.506 e. The molecular formula is C32H40N4O3S. The summed E-state index contributed by atoms with van der Waals surface area (Å²) in [6, 6.07) is 24.2. The Bertz CT molecular complexity index is 1420. The van der Waals surface area contributed by atoms with Gasteiger partial charge in [0.25, 0.3) is 0 Å². The number of benzene rings is 3. The van der Waals surface area contributed by atoms with Crippen LogP contribution in [0.5, 0.6) is 5.75 Å². The van der Waals surface area contributed by atoms with Gasteiger partial charge in [-0.2, -0.15) is 0 Å². The summed E-state index contributed by atoms with van der Waals surface area (Å²) in [5, 5.41) is 16.7. The maximum Gasteiger partial charge on any atom is 0.305 e. The van der Waals surface area contributed by atoms with Crippen LogP contribution in [0.2, 0.25) is 0 Å². The highest BCUT2D eigenvalue weighted by Crippen LogP contribution is 2.27. The molecule has 0 bridgehead atoms. The average Bonchev–Trinajstić information content (AvgIpc) is 3.37. The van der Waals surface area contributed by atoms with Crippen LogP contribution in [0, 0.1) is 0 Å². The van der Waals surface area contributed by atoms with Crippen molar-refractivity contribution in [3.63, 3.8) is 0 Å². The molecule has 8 heteroatoms. The summed E-state index contributed by atoms with van der Waals surface area (Å²) in [4.78, 5) is 29.4. The van der Waals surface area contributed by atoms with Gasteiger partial charge < -0.3 is 25.6 Å². The molecule has 0 saturated heterocycles. The first-order chi connectivity index (χ1) is 19.3. The van der Waals surface area contributed by atoms with Crippen LogP contribution in [0.25, 0.3) is 10.2 Å². The normalized spacial score (nSPS) is 11.8. The third kappa shape index (κ3) is 8.52. The summed E-state index contributed by atoms with van der Waals surface area (Å²) in [6.45, 7) is 8.86. The van der Waals surface area contributed by atoms with Gasteiger partial charge in [-0.15, -0.1) is 0 Å². The van der Waals surface area contributed by atoms with Crippen molar-refractivity contribution in [3.8, 4) is 5.75 Å². The first-order valence-electron chi connectivity index (χ1n) is 13.9. The number of phenolic OH excluding ortho intramolecular Hbond substituents is 1. The number of aromatic nitrogens is 1. The molecule has 7 nitrogen and oxygen atoms in total. The number of nitrogens with one attached hydrogen (secondary N) is 3. The zero-order valence-electron chi connectivity index (χ0n) is 23.4. The molecule has 1 amide bonds. The highest BCUT2D eigenvalue weighted by atomic mass is 32.1. The molecule has 212 valence electrons. The van der Waals surface area contributed by atoms with Crippen LogP contribution >= 0.6 is 11.3 Å². The van der Waals surface area contributed by atoms with Gasteiger partial charge in [0, 0.05) is 44.6 Å². The molecule has 0 aliphatic carbocycles. The monoisotopic (exact) mass is 560 g/mol. The fourth-order valence-electron chi connectivity index (χ4n) is 4.78. The summed E-state index contributed by atoms with van der Waals surface area (Å²) in [7, 11) is 0. The van der Waals surface area contributed by atoms with Crippen LogP contribution in [-0.2, 0) is 23.1 Å². The molecule has 3 aromatic carbocycles. The van der Waals surface area contributed by atoms with Crippen molar-refractivity contribution in [2.24, 2.45) is 0 Å². The standard InChI is InChI=1S/C32H40N4O3S/c1-32(2,26-11-7-4-8-12-26)23-34-28(38)17-21-36(20-16-24-9-5-3-6-10-24)22-19-33-18-15-25-13-14-27(37)29-30(25)40-31(39)35-29/h3-14,33,37H,15-23H2,1-2H3,(H,34,38)(H,35,39). The highest BCUT2D eigenvalue weighted by Gasteiger charge is 2.21. The highest BCUT2D eigenvalue weighted by molar-refractivity contribution is 7.16. The molecule has 0 atom stereocenters. The molecule has 0 unspecified atom stereocenters. The van der Waals surface area contributed by atoms with E-state index in [1.807, 2.05) is 30.3 Å². The van der Waals surface area contributed by atoms with Crippen LogP contribution in [0.3, 0.4) is 0 Å². The number of carbonyl (C=O) groups is 1. The molecule has 0 saturated carbocycles. The quantitative estimate of drug-likeness (QED) is 0.161. The maximum absolute atomic E-state index is 12.8. The van der Waals surface area contributed by atoms with E-state index >= 15 is 0 Å². The SMILES string of the molecule is CC(C)(CNC(=O)CCN(CCNCCc1ccc(O)c2[nH]c(=O)sc12)CCc1ccccc1)c1ccccc1. The maximum atomic E-state index is 12.8. The first-order valence-corrected chi connectivity index (χ1v) is 14.8. The Balaban J connectivity index is 1.25. The Morgan fingerprint density at radius 1 is 0.925 bits per heavy atom. The van der Waals surface area contributed by atoms with Gasteiger partial charge in [0.1, 0.15) is 11.3 Å². The Labute approximate surface area is 240 Å². The predicted molar refractivity (Wildman–Crippen MR) is 164 cm³/mol. The van der Waals surface area contributed by atoms with E-state index in [4.69, 9.17) is 0 Å². The number of hydrogen-bond donors (Lipinski definition) is 4. The molecule has 0 aliphatic heterocycles. The number of fused-ring (bicyclic) bond motifs is 1. The third-order valence-electron chi connectivity index (χ3n) is 7.31. The molecule has 0 radical (unpaired) electrons. The molecule has 1 heterocycles. The second-order valence-corrected chi connectivity index (χ2v) is 11.8. The lowest BCUT2D eigenvalue weighted by Crippen LogP contribution is -2.40. The van der Waals surface area contributed by atoms with Gasteiger partial charge in [-0.1, -0.05) is 91.9 Å². The summed E-state index contributed by atoms with van der Waals surface area (Å²) in [5.74, 6) is 0.176. The largest absolute Gasteiger partial charge is 0.506 e. The Morgan fingerprint density at radius 2 is 1.65 bits per heavy atom. The van der Waals surface area contributed by atoms with Crippen molar-refractivity contribution in [1.82, 2.24) is 20.5 Å². The predicted octanol–water partition coefficient (Wildman–Crippen LogP) is 4.46. The minimum atomic E-state index is -0.160. The summed E-state index contributed by atoms with van der Waals surface area (Å²) < 4.78 is 0.817. The van der Waals surface area contributed by atoms with E-state index in [2.05, 4.69) is 70.8 Å². The molecule has 0 spiro atoms. The van der Waals surface area contributed by atoms with E-state index in [0.717, 1.165) is 60.6 Å². The van der Waals surface area contributed by atoms with Crippen molar-refractivity contribution >= 4 is 27.5 Å². The van der Waals surface area contributed by atoms with Crippen molar-refractivity contribution in [3.05, 3.63) is 99.2 Å². The van der Waals surface area contributed by atoms with Crippen LogP contribution < -0.4 is 15.5 Å². The van der Waals surface area contributed by atoms with Crippen LogP contribution in [0.4, 0.5) is 0 Å². The number of nitrogens with zero attached hydrogens (tertiary/aromatic N) is 1. The number of rotatable bonds is 15. The average molecular weight is 561 g/mol. The van der Waals surface area contributed by atoms with Gasteiger partial charge in [0.05, 0.1) is 4.70 Å². The molecule has 4 aromatic rings. The molecule has 1 aromatic heterocycles. The second-order valence-electron chi connectivity index (χ2n) is 10.8. The minimum absolute atomic E-state index is 0.0727. The number of amides is 1. The zero-order chi connectivity index (χ0) is 28.4. The van der Waals surface area contributed by atoms with E-state index in [9.17, 15) is 14.7 Å². The van der Waals surface area contributed by atoms with Gasteiger partial charge >= 0.3 is 4.87 Å². The summed E-state index contributed by atoms with van der Waals surface area (Å²) in [6.07, 6.45) is 2.15. The number of phenols is 1. The second kappa shape index (κ2) is 14.3. The molecule has 0 fully saturated rings. The smallest absolute Gasteiger partial charge is 0.305 e. The van der Waals surface area contributed by atoms with Crippen LogP contribution in [0.1, 0.15) is 37.0 Å².